The maximum Gasteiger partial charge on any atom is 0.106 e. The molecule has 0 fully saturated rings. The highest BCUT2D eigenvalue weighted by molar-refractivity contribution is 7.99. The maximum absolute atomic E-state index is 9.62. The average molecular weight is 232 g/mol. The van der Waals surface area contributed by atoms with E-state index in [0.717, 1.165) is 15.5 Å². The van der Waals surface area contributed by atoms with E-state index in [0.29, 0.717) is 0 Å². The van der Waals surface area contributed by atoms with E-state index in [2.05, 4.69) is 9.97 Å². The van der Waals surface area contributed by atoms with Gasteiger partial charge in [-0.2, -0.15) is 0 Å². The molecule has 0 saturated carbocycles. The Morgan fingerprint density at radius 1 is 1.19 bits per heavy atom. The fourth-order valence-corrected chi connectivity index (χ4v) is 2.28. The molecule has 0 spiro atoms. The van der Waals surface area contributed by atoms with Crippen LogP contribution in [-0.4, -0.2) is 15.1 Å². The summed E-state index contributed by atoms with van der Waals surface area (Å²) < 4.78 is 0. The second-order valence-corrected chi connectivity index (χ2v) is 4.42. The molecule has 0 aliphatic rings. The Morgan fingerprint density at radius 2 is 1.94 bits per heavy atom. The number of aromatic nitrogens is 2. The van der Waals surface area contributed by atoms with Gasteiger partial charge >= 0.3 is 0 Å². The molecule has 2 aromatic rings. The molecule has 2 rings (SSSR count). The first kappa shape index (κ1) is 11.1. The van der Waals surface area contributed by atoms with Crippen molar-refractivity contribution in [1.29, 1.82) is 0 Å². The minimum Gasteiger partial charge on any atom is -0.389 e. The van der Waals surface area contributed by atoms with Crippen molar-refractivity contribution in [3.63, 3.8) is 0 Å². The van der Waals surface area contributed by atoms with Crippen LogP contribution < -0.4 is 0 Å². The molecule has 1 atom stereocenters. The van der Waals surface area contributed by atoms with E-state index in [4.69, 9.17) is 0 Å². The molecule has 0 saturated heterocycles. The molecule has 0 aliphatic heterocycles. The van der Waals surface area contributed by atoms with Crippen LogP contribution in [0.3, 0.4) is 0 Å². The summed E-state index contributed by atoms with van der Waals surface area (Å²) in [7, 11) is 0. The normalized spacial score (nSPS) is 12.4. The summed E-state index contributed by atoms with van der Waals surface area (Å²) in [6.45, 7) is 1.74. The molecular weight excluding hydrogens is 220 g/mol. The first-order valence-corrected chi connectivity index (χ1v) is 5.80. The minimum atomic E-state index is -0.502. The van der Waals surface area contributed by atoms with E-state index in [9.17, 15) is 5.11 Å². The summed E-state index contributed by atoms with van der Waals surface area (Å²) in [6.07, 6.45) is 4.72. The fraction of sp³-hybridized carbons (Fsp3) is 0.167. The number of aliphatic hydroxyl groups excluding tert-OH is 1. The average Bonchev–Trinajstić information content (AvgIpc) is 2.31. The number of pyridine rings is 2. The van der Waals surface area contributed by atoms with Gasteiger partial charge in [0.2, 0.25) is 0 Å². The maximum atomic E-state index is 9.62. The molecule has 2 heterocycles. The van der Waals surface area contributed by atoms with E-state index in [-0.39, 0.29) is 0 Å². The highest BCUT2D eigenvalue weighted by Crippen LogP contribution is 2.30. The lowest BCUT2D eigenvalue weighted by Gasteiger charge is -2.09. The Balaban J connectivity index is 2.28. The minimum absolute atomic E-state index is 0.502. The number of hydrogen-bond donors (Lipinski definition) is 1. The van der Waals surface area contributed by atoms with Crippen LogP contribution in [0.5, 0.6) is 0 Å². The lowest BCUT2D eigenvalue weighted by Crippen LogP contribution is -1.95. The van der Waals surface area contributed by atoms with Gasteiger partial charge in [0, 0.05) is 29.0 Å². The Hall–Kier alpha value is -1.39. The predicted octanol–water partition coefficient (Wildman–Crippen LogP) is 2.68. The lowest BCUT2D eigenvalue weighted by atomic mass is 10.2. The molecule has 0 amide bonds. The second-order valence-electron chi connectivity index (χ2n) is 3.36. The SMILES string of the molecule is C[C@H](O)c1cccnc1Sc1ccncc1. The number of aliphatic hydroxyl groups is 1. The molecule has 1 N–H and O–H groups in total. The van der Waals surface area contributed by atoms with Crippen molar-refractivity contribution in [2.45, 2.75) is 22.9 Å². The quantitative estimate of drug-likeness (QED) is 0.883. The van der Waals surface area contributed by atoms with Crippen molar-refractivity contribution in [2.75, 3.05) is 0 Å². The Kier molecular flexibility index (Phi) is 3.54. The molecule has 82 valence electrons. The molecule has 0 aromatic carbocycles. The van der Waals surface area contributed by atoms with Crippen LogP contribution in [0.1, 0.15) is 18.6 Å². The predicted molar refractivity (Wildman–Crippen MR) is 63.2 cm³/mol. The first-order chi connectivity index (χ1) is 7.77. The third-order valence-corrected chi connectivity index (χ3v) is 3.16. The smallest absolute Gasteiger partial charge is 0.106 e. The van der Waals surface area contributed by atoms with Gasteiger partial charge in [-0.05, 0) is 25.1 Å². The Labute approximate surface area is 98.6 Å². The molecule has 16 heavy (non-hydrogen) atoms. The molecule has 3 nitrogen and oxygen atoms in total. The fourth-order valence-electron chi connectivity index (χ4n) is 1.32. The van der Waals surface area contributed by atoms with Crippen LogP contribution in [0.25, 0.3) is 0 Å². The first-order valence-electron chi connectivity index (χ1n) is 4.98. The monoisotopic (exact) mass is 232 g/mol. The molecule has 0 bridgehead atoms. The Bertz CT molecular complexity index is 460. The van der Waals surface area contributed by atoms with Crippen LogP contribution in [0.15, 0.2) is 52.8 Å². The summed E-state index contributed by atoms with van der Waals surface area (Å²) >= 11 is 1.53. The van der Waals surface area contributed by atoms with Gasteiger partial charge in [0.1, 0.15) is 5.03 Å². The van der Waals surface area contributed by atoms with Crippen molar-refractivity contribution in [2.24, 2.45) is 0 Å². The lowest BCUT2D eigenvalue weighted by molar-refractivity contribution is 0.195. The highest BCUT2D eigenvalue weighted by Gasteiger charge is 2.09. The van der Waals surface area contributed by atoms with Crippen molar-refractivity contribution >= 4 is 11.8 Å². The summed E-state index contributed by atoms with van der Waals surface area (Å²) in [5.74, 6) is 0. The van der Waals surface area contributed by atoms with E-state index >= 15 is 0 Å². The van der Waals surface area contributed by atoms with Crippen molar-refractivity contribution < 1.29 is 5.11 Å². The molecule has 2 aromatic heterocycles. The van der Waals surface area contributed by atoms with E-state index < -0.39 is 6.10 Å². The standard InChI is InChI=1S/C12H12N2OS/c1-9(15)11-3-2-6-14-12(11)16-10-4-7-13-8-5-10/h2-9,15H,1H3/t9-/m0/s1. The van der Waals surface area contributed by atoms with Gasteiger partial charge in [-0.1, -0.05) is 17.8 Å². The summed E-state index contributed by atoms with van der Waals surface area (Å²) in [5.41, 5.74) is 0.851. The summed E-state index contributed by atoms with van der Waals surface area (Å²) in [5, 5.41) is 10.5. The van der Waals surface area contributed by atoms with Crippen LogP contribution in [0.2, 0.25) is 0 Å². The third-order valence-electron chi connectivity index (χ3n) is 2.11. The third kappa shape index (κ3) is 2.59. The van der Waals surface area contributed by atoms with E-state index in [1.807, 2.05) is 24.3 Å². The number of nitrogens with zero attached hydrogens (tertiary/aromatic N) is 2. The van der Waals surface area contributed by atoms with Crippen molar-refractivity contribution in [1.82, 2.24) is 9.97 Å². The van der Waals surface area contributed by atoms with Gasteiger partial charge < -0.3 is 5.11 Å². The van der Waals surface area contributed by atoms with Crippen LogP contribution in [-0.2, 0) is 0 Å². The summed E-state index contributed by atoms with van der Waals surface area (Å²) in [4.78, 5) is 9.30. The molecule has 0 unspecified atom stereocenters. The zero-order valence-electron chi connectivity index (χ0n) is 8.87. The molecule has 0 aliphatic carbocycles. The van der Waals surface area contributed by atoms with Gasteiger partial charge in [0.25, 0.3) is 0 Å². The van der Waals surface area contributed by atoms with Crippen molar-refractivity contribution in [3.05, 3.63) is 48.4 Å². The van der Waals surface area contributed by atoms with Crippen LogP contribution in [0, 0.1) is 0 Å². The molecular formula is C12H12N2OS. The van der Waals surface area contributed by atoms with Gasteiger partial charge in [0.15, 0.2) is 0 Å². The van der Waals surface area contributed by atoms with Crippen molar-refractivity contribution in [3.8, 4) is 0 Å². The van der Waals surface area contributed by atoms with E-state index in [1.165, 1.54) is 11.8 Å². The van der Waals surface area contributed by atoms with Crippen LogP contribution in [0.4, 0.5) is 0 Å². The zero-order chi connectivity index (χ0) is 11.4. The van der Waals surface area contributed by atoms with Gasteiger partial charge in [-0.25, -0.2) is 4.98 Å². The van der Waals surface area contributed by atoms with E-state index in [1.54, 1.807) is 25.5 Å². The number of hydrogen-bond acceptors (Lipinski definition) is 4. The summed E-state index contributed by atoms with van der Waals surface area (Å²) in [6, 6.07) is 7.57. The molecule has 4 heteroatoms. The zero-order valence-corrected chi connectivity index (χ0v) is 9.69. The highest BCUT2D eigenvalue weighted by atomic mass is 32.2. The number of rotatable bonds is 3. The largest absolute Gasteiger partial charge is 0.389 e. The van der Waals surface area contributed by atoms with Gasteiger partial charge in [0.05, 0.1) is 6.10 Å². The second kappa shape index (κ2) is 5.09. The molecule has 0 radical (unpaired) electrons. The van der Waals surface area contributed by atoms with Gasteiger partial charge in [-0.15, -0.1) is 0 Å². The van der Waals surface area contributed by atoms with Gasteiger partial charge in [-0.3, -0.25) is 4.98 Å². The van der Waals surface area contributed by atoms with Crippen LogP contribution >= 0.6 is 11.8 Å². The Morgan fingerprint density at radius 3 is 2.62 bits per heavy atom. The topological polar surface area (TPSA) is 46.0 Å².